The topological polar surface area (TPSA) is 42.4 Å². The van der Waals surface area contributed by atoms with Crippen LogP contribution < -0.4 is 0 Å². The summed E-state index contributed by atoms with van der Waals surface area (Å²) in [7, 11) is 1.69. The number of fused-ring (bicyclic) bond motifs is 1. The fraction of sp³-hybridized carbons (Fsp3) is 0.471. The predicted octanol–water partition coefficient (Wildman–Crippen LogP) is 3.32. The number of aryl methyl sites for hydroxylation is 1. The average Bonchev–Trinajstić information content (AvgIpc) is 2.47. The molecule has 1 aromatic carbocycles. The van der Waals surface area contributed by atoms with Crippen LogP contribution >= 0.6 is 0 Å². The molecule has 1 fully saturated rings. The molecule has 0 aliphatic heterocycles. The molecule has 3 heteroatoms. The second-order valence-corrected chi connectivity index (χ2v) is 5.75. The minimum Gasteiger partial charge on any atom is -0.382 e. The van der Waals surface area contributed by atoms with Gasteiger partial charge in [-0.2, -0.15) is 0 Å². The molecule has 1 N–H and O–H groups in total. The maximum absolute atomic E-state index is 11.1. The standard InChI is InChI=1S/C17H21NO2/c1-12-6-7-13-11-14(8-9-15(13)18-12)17(19)10-4-3-5-16(17)20-2/h6-9,11,16,19H,3-5,10H2,1-2H3. The Hall–Kier alpha value is -1.45. The number of hydrogen-bond acceptors (Lipinski definition) is 3. The summed E-state index contributed by atoms with van der Waals surface area (Å²) in [6.45, 7) is 1.99. The van der Waals surface area contributed by atoms with E-state index in [4.69, 9.17) is 4.74 Å². The molecule has 1 saturated carbocycles. The Bertz CT molecular complexity index is 625. The molecule has 3 nitrogen and oxygen atoms in total. The summed E-state index contributed by atoms with van der Waals surface area (Å²) < 4.78 is 5.53. The predicted molar refractivity (Wildman–Crippen MR) is 79.6 cm³/mol. The molecule has 1 heterocycles. The average molecular weight is 271 g/mol. The zero-order valence-electron chi connectivity index (χ0n) is 12.1. The number of methoxy groups -OCH3 is 1. The molecule has 0 saturated heterocycles. The van der Waals surface area contributed by atoms with Crippen LogP contribution in [0.1, 0.15) is 36.9 Å². The van der Waals surface area contributed by atoms with Crippen LogP contribution in [0.4, 0.5) is 0 Å². The lowest BCUT2D eigenvalue weighted by atomic mass is 9.77. The second-order valence-electron chi connectivity index (χ2n) is 5.75. The van der Waals surface area contributed by atoms with Crippen molar-refractivity contribution in [3.63, 3.8) is 0 Å². The fourth-order valence-electron chi connectivity index (χ4n) is 3.26. The van der Waals surface area contributed by atoms with Gasteiger partial charge >= 0.3 is 0 Å². The van der Waals surface area contributed by atoms with E-state index >= 15 is 0 Å². The Labute approximate surface area is 119 Å². The van der Waals surface area contributed by atoms with Crippen LogP contribution in [0, 0.1) is 6.92 Å². The number of aliphatic hydroxyl groups is 1. The third-order valence-corrected chi connectivity index (χ3v) is 4.42. The number of rotatable bonds is 2. The van der Waals surface area contributed by atoms with Crippen LogP contribution in [-0.4, -0.2) is 23.3 Å². The first-order valence-corrected chi connectivity index (χ1v) is 7.26. The first-order valence-electron chi connectivity index (χ1n) is 7.26. The van der Waals surface area contributed by atoms with Gasteiger partial charge in [-0.05, 0) is 43.5 Å². The van der Waals surface area contributed by atoms with Gasteiger partial charge < -0.3 is 9.84 Å². The quantitative estimate of drug-likeness (QED) is 0.911. The summed E-state index contributed by atoms with van der Waals surface area (Å²) in [5, 5.41) is 12.1. The van der Waals surface area contributed by atoms with Gasteiger partial charge in [-0.25, -0.2) is 0 Å². The lowest BCUT2D eigenvalue weighted by molar-refractivity contribution is -0.122. The normalized spacial score (nSPS) is 26.9. The maximum atomic E-state index is 11.1. The third-order valence-electron chi connectivity index (χ3n) is 4.42. The summed E-state index contributed by atoms with van der Waals surface area (Å²) in [6, 6.07) is 10.1. The molecular formula is C17H21NO2. The van der Waals surface area contributed by atoms with Crippen LogP contribution in [-0.2, 0) is 10.3 Å². The zero-order chi connectivity index (χ0) is 14.2. The number of nitrogens with zero attached hydrogens (tertiary/aromatic N) is 1. The van der Waals surface area contributed by atoms with Crippen molar-refractivity contribution < 1.29 is 9.84 Å². The molecule has 2 aromatic rings. The Morgan fingerprint density at radius 2 is 2.10 bits per heavy atom. The van der Waals surface area contributed by atoms with E-state index in [1.54, 1.807) is 7.11 Å². The molecule has 2 atom stereocenters. The van der Waals surface area contributed by atoms with Crippen molar-refractivity contribution in [2.24, 2.45) is 0 Å². The van der Waals surface area contributed by atoms with Gasteiger partial charge in [0.15, 0.2) is 0 Å². The van der Waals surface area contributed by atoms with Gasteiger partial charge in [0.25, 0.3) is 0 Å². The van der Waals surface area contributed by atoms with Crippen molar-refractivity contribution in [2.45, 2.75) is 44.3 Å². The molecule has 0 spiro atoms. The minimum atomic E-state index is -0.869. The molecule has 20 heavy (non-hydrogen) atoms. The lowest BCUT2D eigenvalue weighted by Gasteiger charge is -2.39. The van der Waals surface area contributed by atoms with Gasteiger partial charge in [-0.15, -0.1) is 0 Å². The smallest absolute Gasteiger partial charge is 0.116 e. The largest absolute Gasteiger partial charge is 0.382 e. The molecule has 3 rings (SSSR count). The van der Waals surface area contributed by atoms with Crippen LogP contribution in [0.15, 0.2) is 30.3 Å². The number of pyridine rings is 1. The van der Waals surface area contributed by atoms with E-state index in [1.807, 2.05) is 25.1 Å². The first-order chi connectivity index (χ1) is 9.63. The van der Waals surface area contributed by atoms with E-state index in [1.165, 1.54) is 0 Å². The second kappa shape index (κ2) is 5.15. The number of hydrogen-bond donors (Lipinski definition) is 1. The van der Waals surface area contributed by atoms with Crippen molar-refractivity contribution in [3.05, 3.63) is 41.6 Å². The molecule has 1 aliphatic rings. The Morgan fingerprint density at radius 3 is 2.90 bits per heavy atom. The fourth-order valence-corrected chi connectivity index (χ4v) is 3.26. The Kier molecular flexibility index (Phi) is 3.48. The Balaban J connectivity index is 2.06. The Morgan fingerprint density at radius 1 is 1.25 bits per heavy atom. The van der Waals surface area contributed by atoms with E-state index in [0.29, 0.717) is 0 Å². The minimum absolute atomic E-state index is 0.118. The molecule has 0 bridgehead atoms. The highest BCUT2D eigenvalue weighted by molar-refractivity contribution is 5.79. The number of benzene rings is 1. The molecule has 1 aliphatic carbocycles. The molecule has 1 aromatic heterocycles. The van der Waals surface area contributed by atoms with E-state index in [-0.39, 0.29) is 6.10 Å². The van der Waals surface area contributed by atoms with E-state index < -0.39 is 5.60 Å². The highest BCUT2D eigenvalue weighted by Gasteiger charge is 2.40. The van der Waals surface area contributed by atoms with Crippen molar-refractivity contribution in [1.29, 1.82) is 0 Å². The molecule has 106 valence electrons. The van der Waals surface area contributed by atoms with Gasteiger partial charge in [-0.3, -0.25) is 4.98 Å². The van der Waals surface area contributed by atoms with E-state index in [9.17, 15) is 5.11 Å². The summed E-state index contributed by atoms with van der Waals surface area (Å²) in [5.74, 6) is 0. The summed E-state index contributed by atoms with van der Waals surface area (Å²) >= 11 is 0. The SMILES string of the molecule is COC1CCCCC1(O)c1ccc2nc(C)ccc2c1. The summed E-state index contributed by atoms with van der Waals surface area (Å²) in [6.07, 6.45) is 3.72. The van der Waals surface area contributed by atoms with E-state index in [0.717, 1.165) is 47.8 Å². The first kappa shape index (κ1) is 13.5. The van der Waals surface area contributed by atoms with Crippen LogP contribution in [0.25, 0.3) is 10.9 Å². The van der Waals surface area contributed by atoms with Gasteiger partial charge in [0.05, 0.1) is 11.6 Å². The molecular weight excluding hydrogens is 250 g/mol. The number of aromatic nitrogens is 1. The highest BCUT2D eigenvalue weighted by atomic mass is 16.5. The van der Waals surface area contributed by atoms with Crippen LogP contribution in [0.2, 0.25) is 0 Å². The van der Waals surface area contributed by atoms with Crippen molar-refractivity contribution in [2.75, 3.05) is 7.11 Å². The molecule has 2 unspecified atom stereocenters. The van der Waals surface area contributed by atoms with Crippen molar-refractivity contribution in [1.82, 2.24) is 4.98 Å². The van der Waals surface area contributed by atoms with Gasteiger partial charge in [0.1, 0.15) is 5.60 Å². The van der Waals surface area contributed by atoms with E-state index in [2.05, 4.69) is 17.1 Å². The molecule has 0 amide bonds. The van der Waals surface area contributed by atoms with Crippen molar-refractivity contribution in [3.8, 4) is 0 Å². The van der Waals surface area contributed by atoms with Crippen LogP contribution in [0.5, 0.6) is 0 Å². The summed E-state index contributed by atoms with van der Waals surface area (Å²) in [4.78, 5) is 4.51. The maximum Gasteiger partial charge on any atom is 0.116 e. The number of ether oxygens (including phenoxy) is 1. The monoisotopic (exact) mass is 271 g/mol. The third kappa shape index (κ3) is 2.21. The highest BCUT2D eigenvalue weighted by Crippen LogP contribution is 2.39. The summed E-state index contributed by atoms with van der Waals surface area (Å²) in [5.41, 5.74) is 2.06. The van der Waals surface area contributed by atoms with Crippen LogP contribution in [0.3, 0.4) is 0 Å². The molecule has 0 radical (unpaired) electrons. The van der Waals surface area contributed by atoms with Gasteiger partial charge in [0, 0.05) is 18.2 Å². The van der Waals surface area contributed by atoms with Gasteiger partial charge in [0.2, 0.25) is 0 Å². The zero-order valence-corrected chi connectivity index (χ0v) is 12.1. The lowest BCUT2D eigenvalue weighted by Crippen LogP contribution is -2.43. The van der Waals surface area contributed by atoms with Gasteiger partial charge in [-0.1, -0.05) is 25.0 Å². The van der Waals surface area contributed by atoms with Crippen molar-refractivity contribution >= 4 is 10.9 Å².